The van der Waals surface area contributed by atoms with Crippen molar-refractivity contribution < 1.29 is 19.1 Å². The molecule has 2 N–H and O–H groups in total. The molecule has 138 valence electrons. The highest BCUT2D eigenvalue weighted by molar-refractivity contribution is 5.85. The van der Waals surface area contributed by atoms with Gasteiger partial charge < -0.3 is 9.47 Å². The summed E-state index contributed by atoms with van der Waals surface area (Å²) < 4.78 is 11.0. The number of carbonyl (C=O) groups is 2. The minimum atomic E-state index is -0.752. The van der Waals surface area contributed by atoms with E-state index in [1.165, 1.54) is 0 Å². The summed E-state index contributed by atoms with van der Waals surface area (Å²) in [7, 11) is 0. The van der Waals surface area contributed by atoms with Crippen molar-refractivity contribution in [1.82, 2.24) is 10.9 Å². The van der Waals surface area contributed by atoms with Crippen LogP contribution in [-0.4, -0.2) is 24.5 Å². The molecule has 2 amide bonds. The zero-order valence-electron chi connectivity index (χ0n) is 15.5. The van der Waals surface area contributed by atoms with Crippen LogP contribution in [-0.2, 0) is 9.59 Å². The van der Waals surface area contributed by atoms with E-state index in [4.69, 9.17) is 9.47 Å². The summed E-state index contributed by atoms with van der Waals surface area (Å²) in [5.41, 5.74) is 7.75. The molecule has 2 aromatic carbocycles. The van der Waals surface area contributed by atoms with Gasteiger partial charge in [-0.1, -0.05) is 29.8 Å². The first kappa shape index (κ1) is 19.3. The molecule has 0 radical (unpaired) electrons. The zero-order chi connectivity index (χ0) is 19.1. The fourth-order valence-corrected chi connectivity index (χ4v) is 2.32. The molecule has 1 unspecified atom stereocenters. The third-order valence-electron chi connectivity index (χ3n) is 3.69. The second-order valence-corrected chi connectivity index (χ2v) is 6.17. The number of carbonyl (C=O) groups excluding carboxylic acids is 2. The lowest BCUT2D eigenvalue weighted by Crippen LogP contribution is -2.48. The van der Waals surface area contributed by atoms with Gasteiger partial charge in [-0.05, 0) is 57.0 Å². The number of hydrogen-bond donors (Lipinski definition) is 2. The Morgan fingerprint density at radius 2 is 1.73 bits per heavy atom. The third-order valence-corrected chi connectivity index (χ3v) is 3.69. The largest absolute Gasteiger partial charge is 0.483 e. The number of hydrogen-bond acceptors (Lipinski definition) is 4. The predicted octanol–water partition coefficient (Wildman–Crippen LogP) is 2.61. The van der Waals surface area contributed by atoms with Crippen LogP contribution in [0.4, 0.5) is 0 Å². The Kier molecular flexibility index (Phi) is 6.60. The molecule has 2 aromatic rings. The Morgan fingerprint density at radius 3 is 2.42 bits per heavy atom. The molecular formula is C20H24N2O4. The normalized spacial score (nSPS) is 11.4. The molecule has 0 spiro atoms. The van der Waals surface area contributed by atoms with Crippen molar-refractivity contribution in [2.45, 2.75) is 33.8 Å². The molecule has 1 atom stereocenters. The summed E-state index contributed by atoms with van der Waals surface area (Å²) in [6, 6.07) is 13.1. The number of nitrogens with one attached hydrogen (secondary N) is 2. The number of benzene rings is 2. The predicted molar refractivity (Wildman–Crippen MR) is 99.0 cm³/mol. The van der Waals surface area contributed by atoms with Gasteiger partial charge in [0.05, 0.1) is 0 Å². The maximum atomic E-state index is 12.0. The molecular weight excluding hydrogens is 332 g/mol. The quantitative estimate of drug-likeness (QED) is 0.780. The van der Waals surface area contributed by atoms with E-state index >= 15 is 0 Å². The molecule has 0 aliphatic heterocycles. The lowest BCUT2D eigenvalue weighted by atomic mass is 10.1. The minimum Gasteiger partial charge on any atom is -0.483 e. The van der Waals surface area contributed by atoms with E-state index in [2.05, 4.69) is 10.9 Å². The molecule has 6 heteroatoms. The highest BCUT2D eigenvalue weighted by Gasteiger charge is 2.15. The van der Waals surface area contributed by atoms with Gasteiger partial charge in [-0.15, -0.1) is 0 Å². The van der Waals surface area contributed by atoms with Crippen molar-refractivity contribution in [2.24, 2.45) is 0 Å². The first-order valence-corrected chi connectivity index (χ1v) is 8.37. The van der Waals surface area contributed by atoms with E-state index in [0.29, 0.717) is 11.5 Å². The van der Waals surface area contributed by atoms with Crippen molar-refractivity contribution >= 4 is 11.8 Å². The van der Waals surface area contributed by atoms with Gasteiger partial charge in [-0.25, -0.2) is 0 Å². The van der Waals surface area contributed by atoms with Crippen LogP contribution >= 0.6 is 0 Å². The topological polar surface area (TPSA) is 76.7 Å². The van der Waals surface area contributed by atoms with Gasteiger partial charge in [-0.3, -0.25) is 20.4 Å². The Morgan fingerprint density at radius 1 is 1.00 bits per heavy atom. The van der Waals surface area contributed by atoms with Crippen LogP contribution < -0.4 is 20.3 Å². The molecule has 0 saturated carbocycles. The van der Waals surface area contributed by atoms with Crippen molar-refractivity contribution in [3.8, 4) is 11.5 Å². The Labute approximate surface area is 153 Å². The molecule has 0 fully saturated rings. The summed E-state index contributed by atoms with van der Waals surface area (Å²) in [5, 5.41) is 0. The Hall–Kier alpha value is -3.02. The number of amides is 2. The van der Waals surface area contributed by atoms with E-state index in [1.54, 1.807) is 13.0 Å². The van der Waals surface area contributed by atoms with Gasteiger partial charge >= 0.3 is 0 Å². The standard InChI is InChI=1S/C20H24N2O4/c1-13-6-5-7-17(11-13)26-16(4)20(24)22-21-19(23)12-25-18-9-8-14(2)10-15(18)3/h5-11,16H,12H2,1-4H3,(H,21,23)(H,22,24). The average molecular weight is 356 g/mol. The van der Waals surface area contributed by atoms with Gasteiger partial charge in [-0.2, -0.15) is 0 Å². The Balaban J connectivity index is 1.76. The molecule has 0 aromatic heterocycles. The highest BCUT2D eigenvalue weighted by atomic mass is 16.5. The number of hydrazine groups is 1. The summed E-state index contributed by atoms with van der Waals surface area (Å²) >= 11 is 0. The van der Waals surface area contributed by atoms with Crippen molar-refractivity contribution in [3.05, 3.63) is 59.2 Å². The van der Waals surface area contributed by atoms with Gasteiger partial charge in [0, 0.05) is 0 Å². The molecule has 0 heterocycles. The van der Waals surface area contributed by atoms with E-state index < -0.39 is 17.9 Å². The van der Waals surface area contributed by atoms with Crippen LogP contribution in [0.25, 0.3) is 0 Å². The lowest BCUT2D eigenvalue weighted by Gasteiger charge is -2.15. The van der Waals surface area contributed by atoms with Crippen LogP contribution in [0.5, 0.6) is 11.5 Å². The monoisotopic (exact) mass is 356 g/mol. The lowest BCUT2D eigenvalue weighted by molar-refractivity contribution is -0.133. The van der Waals surface area contributed by atoms with Crippen LogP contribution in [0.3, 0.4) is 0 Å². The van der Waals surface area contributed by atoms with Gasteiger partial charge in [0.25, 0.3) is 11.8 Å². The summed E-state index contributed by atoms with van der Waals surface area (Å²) in [5.74, 6) is 0.317. The number of ether oxygens (including phenoxy) is 2. The van der Waals surface area contributed by atoms with Crippen LogP contribution in [0.2, 0.25) is 0 Å². The van der Waals surface area contributed by atoms with E-state index in [-0.39, 0.29) is 6.61 Å². The smallest absolute Gasteiger partial charge is 0.279 e. The fraction of sp³-hybridized carbons (Fsp3) is 0.300. The van der Waals surface area contributed by atoms with E-state index in [9.17, 15) is 9.59 Å². The minimum absolute atomic E-state index is 0.197. The first-order valence-electron chi connectivity index (χ1n) is 8.37. The number of aryl methyl sites for hydroxylation is 3. The second kappa shape index (κ2) is 8.89. The molecule has 0 aliphatic rings. The summed E-state index contributed by atoms with van der Waals surface area (Å²) in [6.45, 7) is 7.24. The Bertz CT molecular complexity index is 789. The van der Waals surface area contributed by atoms with Crippen molar-refractivity contribution in [3.63, 3.8) is 0 Å². The summed E-state index contributed by atoms with van der Waals surface area (Å²) in [4.78, 5) is 23.8. The molecule has 0 bridgehead atoms. The van der Waals surface area contributed by atoms with Crippen LogP contribution in [0.15, 0.2) is 42.5 Å². The fourth-order valence-electron chi connectivity index (χ4n) is 2.32. The second-order valence-electron chi connectivity index (χ2n) is 6.17. The van der Waals surface area contributed by atoms with Gasteiger partial charge in [0.15, 0.2) is 12.7 Å². The third kappa shape index (κ3) is 5.81. The molecule has 0 saturated heterocycles. The summed E-state index contributed by atoms with van der Waals surface area (Å²) in [6.07, 6.45) is -0.752. The molecule has 6 nitrogen and oxygen atoms in total. The SMILES string of the molecule is Cc1cccc(OC(C)C(=O)NNC(=O)COc2ccc(C)cc2C)c1. The van der Waals surface area contributed by atoms with E-state index in [1.807, 2.05) is 57.2 Å². The van der Waals surface area contributed by atoms with Gasteiger partial charge in [0.1, 0.15) is 11.5 Å². The van der Waals surface area contributed by atoms with E-state index in [0.717, 1.165) is 16.7 Å². The average Bonchev–Trinajstić information content (AvgIpc) is 2.58. The van der Waals surface area contributed by atoms with Gasteiger partial charge in [0.2, 0.25) is 0 Å². The molecule has 0 aliphatic carbocycles. The van der Waals surface area contributed by atoms with Crippen molar-refractivity contribution in [1.29, 1.82) is 0 Å². The maximum absolute atomic E-state index is 12.0. The molecule has 26 heavy (non-hydrogen) atoms. The van der Waals surface area contributed by atoms with Crippen molar-refractivity contribution in [2.75, 3.05) is 6.61 Å². The molecule has 2 rings (SSSR count). The maximum Gasteiger partial charge on any atom is 0.279 e. The zero-order valence-corrected chi connectivity index (χ0v) is 15.5. The van der Waals surface area contributed by atoms with Crippen LogP contribution in [0, 0.1) is 20.8 Å². The number of rotatable bonds is 6. The first-order chi connectivity index (χ1) is 12.3. The van der Waals surface area contributed by atoms with Crippen LogP contribution in [0.1, 0.15) is 23.6 Å². The highest BCUT2D eigenvalue weighted by Crippen LogP contribution is 2.18.